The lowest BCUT2D eigenvalue weighted by Gasteiger charge is -2.41. The van der Waals surface area contributed by atoms with Crippen molar-refractivity contribution in [2.24, 2.45) is 5.41 Å². The molecule has 2 fully saturated rings. The Morgan fingerprint density at radius 2 is 1.76 bits per heavy atom. The lowest BCUT2D eigenvalue weighted by Crippen LogP contribution is -2.50. The van der Waals surface area contributed by atoms with E-state index in [1.807, 2.05) is 24.3 Å². The number of aliphatic carboxylic acids is 1. The highest BCUT2D eigenvalue weighted by molar-refractivity contribution is 9.10. The van der Waals surface area contributed by atoms with Crippen LogP contribution >= 0.6 is 15.9 Å². The molecule has 21 heavy (non-hydrogen) atoms. The number of nitrogens with one attached hydrogen (secondary N) is 1. The Bertz CT molecular complexity index is 574. The average molecular weight is 352 g/mol. The molecule has 0 aromatic heterocycles. The number of carbonyl (C=O) groups is 2. The minimum Gasteiger partial charge on any atom is -0.481 e. The van der Waals surface area contributed by atoms with Crippen LogP contribution < -0.4 is 5.32 Å². The first kappa shape index (κ1) is 14.6. The lowest BCUT2D eigenvalue weighted by molar-refractivity contribution is -0.143. The summed E-state index contributed by atoms with van der Waals surface area (Å²) in [4.78, 5) is 23.8. The van der Waals surface area contributed by atoms with Crippen molar-refractivity contribution in [3.8, 4) is 0 Å². The Hall–Kier alpha value is -1.36. The summed E-state index contributed by atoms with van der Waals surface area (Å²) in [5, 5.41) is 12.1. The predicted molar refractivity (Wildman–Crippen MR) is 82.0 cm³/mol. The Morgan fingerprint density at radius 3 is 2.19 bits per heavy atom. The summed E-state index contributed by atoms with van der Waals surface area (Å²) in [5.74, 6) is -0.822. The van der Waals surface area contributed by atoms with Crippen LogP contribution in [0.1, 0.15) is 37.7 Å². The number of rotatable bonds is 5. The fourth-order valence-corrected chi connectivity index (χ4v) is 3.25. The molecule has 0 radical (unpaired) electrons. The van der Waals surface area contributed by atoms with Gasteiger partial charge in [-0.2, -0.15) is 0 Å². The van der Waals surface area contributed by atoms with Gasteiger partial charge in [0.2, 0.25) is 5.91 Å². The summed E-state index contributed by atoms with van der Waals surface area (Å²) >= 11 is 3.40. The number of carbonyl (C=O) groups excluding carboxylic acids is 1. The highest BCUT2D eigenvalue weighted by atomic mass is 79.9. The van der Waals surface area contributed by atoms with Crippen molar-refractivity contribution >= 4 is 27.8 Å². The van der Waals surface area contributed by atoms with Crippen LogP contribution in [-0.2, 0) is 15.0 Å². The van der Waals surface area contributed by atoms with Crippen molar-refractivity contribution in [3.63, 3.8) is 0 Å². The summed E-state index contributed by atoms with van der Waals surface area (Å²) in [6.45, 7) is 0.249. The fraction of sp³-hybridized carbons (Fsp3) is 0.500. The van der Waals surface area contributed by atoms with Crippen molar-refractivity contribution < 1.29 is 14.7 Å². The van der Waals surface area contributed by atoms with Crippen LogP contribution in [0, 0.1) is 5.41 Å². The van der Waals surface area contributed by atoms with Crippen LogP contribution in [0.2, 0.25) is 0 Å². The van der Waals surface area contributed by atoms with Crippen molar-refractivity contribution in [1.29, 1.82) is 0 Å². The Balaban J connectivity index is 1.72. The molecule has 0 atom stereocenters. The maximum atomic E-state index is 12.6. The molecule has 1 aromatic carbocycles. The zero-order valence-electron chi connectivity index (χ0n) is 11.7. The molecular weight excluding hydrogens is 334 g/mol. The normalized spacial score (nSPS) is 21.2. The largest absolute Gasteiger partial charge is 0.481 e. The second-order valence-corrected chi connectivity index (χ2v) is 7.13. The molecule has 1 aromatic rings. The van der Waals surface area contributed by atoms with E-state index < -0.39 is 16.8 Å². The molecule has 0 heterocycles. The number of hydrogen-bond acceptors (Lipinski definition) is 2. The molecule has 0 bridgehead atoms. The minimum absolute atomic E-state index is 0.0244. The maximum Gasteiger partial charge on any atom is 0.311 e. The highest BCUT2D eigenvalue weighted by Crippen LogP contribution is 2.47. The van der Waals surface area contributed by atoms with Gasteiger partial charge < -0.3 is 10.4 Å². The molecule has 0 unspecified atom stereocenters. The van der Waals surface area contributed by atoms with Crippen LogP contribution in [-0.4, -0.2) is 23.5 Å². The lowest BCUT2D eigenvalue weighted by atomic mass is 9.64. The summed E-state index contributed by atoms with van der Waals surface area (Å²) in [7, 11) is 0. The topological polar surface area (TPSA) is 66.4 Å². The molecule has 1 amide bonds. The third-order valence-electron chi connectivity index (χ3n) is 4.93. The van der Waals surface area contributed by atoms with Gasteiger partial charge in [0.05, 0.1) is 10.8 Å². The van der Waals surface area contributed by atoms with Crippen LogP contribution in [0.25, 0.3) is 0 Å². The fourth-order valence-electron chi connectivity index (χ4n) is 2.98. The van der Waals surface area contributed by atoms with Crippen LogP contribution in [0.4, 0.5) is 0 Å². The first-order valence-electron chi connectivity index (χ1n) is 7.26. The first-order valence-corrected chi connectivity index (χ1v) is 8.06. The van der Waals surface area contributed by atoms with Crippen molar-refractivity contribution in [1.82, 2.24) is 5.32 Å². The molecular formula is C16H18BrNO3. The molecule has 3 rings (SSSR count). The van der Waals surface area contributed by atoms with E-state index in [2.05, 4.69) is 21.2 Å². The summed E-state index contributed by atoms with van der Waals surface area (Å²) in [5.41, 5.74) is -0.148. The number of hydrogen-bond donors (Lipinski definition) is 2. The quantitative estimate of drug-likeness (QED) is 0.856. The zero-order chi connectivity index (χ0) is 15.1. The predicted octanol–water partition coefficient (Wildman–Crippen LogP) is 2.85. The van der Waals surface area contributed by atoms with E-state index in [0.717, 1.165) is 29.3 Å². The van der Waals surface area contributed by atoms with E-state index in [0.29, 0.717) is 12.8 Å². The van der Waals surface area contributed by atoms with Gasteiger partial charge in [-0.25, -0.2) is 0 Å². The molecule has 4 nitrogen and oxygen atoms in total. The molecule has 2 aliphatic rings. The molecule has 2 aliphatic carbocycles. The van der Waals surface area contributed by atoms with Gasteiger partial charge >= 0.3 is 5.97 Å². The van der Waals surface area contributed by atoms with E-state index in [1.54, 1.807) is 0 Å². The van der Waals surface area contributed by atoms with E-state index >= 15 is 0 Å². The Morgan fingerprint density at radius 1 is 1.14 bits per heavy atom. The summed E-state index contributed by atoms with van der Waals surface area (Å²) in [6.07, 6.45) is 4.02. The van der Waals surface area contributed by atoms with E-state index in [9.17, 15) is 14.7 Å². The van der Waals surface area contributed by atoms with Crippen molar-refractivity contribution in [2.75, 3.05) is 6.54 Å². The van der Waals surface area contributed by atoms with Gasteiger partial charge in [0.25, 0.3) is 0 Å². The van der Waals surface area contributed by atoms with Crippen molar-refractivity contribution in [3.05, 3.63) is 34.3 Å². The minimum atomic E-state index is -0.797. The number of carboxylic acid groups (broad SMARTS) is 1. The monoisotopic (exact) mass is 351 g/mol. The van der Waals surface area contributed by atoms with Gasteiger partial charge in [0.1, 0.15) is 0 Å². The van der Waals surface area contributed by atoms with E-state index in [1.165, 1.54) is 0 Å². The molecule has 112 valence electrons. The zero-order valence-corrected chi connectivity index (χ0v) is 13.3. The average Bonchev–Trinajstić information content (AvgIpc) is 3.18. The molecule has 2 N–H and O–H groups in total. The Labute approximate surface area is 132 Å². The van der Waals surface area contributed by atoms with Gasteiger partial charge in [-0.05, 0) is 43.4 Å². The third kappa shape index (κ3) is 2.48. The summed E-state index contributed by atoms with van der Waals surface area (Å²) in [6, 6.07) is 7.85. The van der Waals surface area contributed by atoms with E-state index in [-0.39, 0.29) is 12.5 Å². The first-order chi connectivity index (χ1) is 9.98. The van der Waals surface area contributed by atoms with Gasteiger partial charge in [-0.15, -0.1) is 0 Å². The maximum absolute atomic E-state index is 12.6. The van der Waals surface area contributed by atoms with Crippen LogP contribution in [0.5, 0.6) is 0 Å². The van der Waals surface area contributed by atoms with Gasteiger partial charge in [-0.1, -0.05) is 34.5 Å². The van der Waals surface area contributed by atoms with E-state index in [4.69, 9.17) is 0 Å². The SMILES string of the molecule is O=C(O)C1(CNC(=O)C2(c3ccc(Br)cc3)CCC2)CC1. The second-order valence-electron chi connectivity index (χ2n) is 6.21. The third-order valence-corrected chi connectivity index (χ3v) is 5.46. The molecule has 0 spiro atoms. The number of halogens is 1. The number of amides is 1. The van der Waals surface area contributed by atoms with Crippen LogP contribution in [0.15, 0.2) is 28.7 Å². The molecule has 2 saturated carbocycles. The molecule has 0 saturated heterocycles. The smallest absolute Gasteiger partial charge is 0.311 e. The number of carboxylic acids is 1. The Kier molecular flexibility index (Phi) is 3.56. The standard InChI is InChI=1S/C16H18BrNO3/c17-12-4-2-11(3-5-12)16(6-1-7-16)13(19)18-10-15(8-9-15)14(20)21/h2-5H,1,6-10H2,(H,18,19)(H,20,21). The molecule has 5 heteroatoms. The van der Waals surface area contributed by atoms with Crippen molar-refractivity contribution in [2.45, 2.75) is 37.5 Å². The molecule has 0 aliphatic heterocycles. The van der Waals surface area contributed by atoms with Crippen LogP contribution in [0.3, 0.4) is 0 Å². The van der Waals surface area contributed by atoms with Gasteiger partial charge in [0, 0.05) is 11.0 Å². The summed E-state index contributed by atoms with van der Waals surface area (Å²) < 4.78 is 0.990. The van der Waals surface area contributed by atoms with Gasteiger partial charge in [-0.3, -0.25) is 9.59 Å². The van der Waals surface area contributed by atoms with Gasteiger partial charge in [0.15, 0.2) is 0 Å². The second kappa shape index (κ2) is 5.13. The highest BCUT2D eigenvalue weighted by Gasteiger charge is 2.52. The number of benzene rings is 1.